The average molecular weight is 278 g/mol. The summed E-state index contributed by atoms with van der Waals surface area (Å²) in [5.74, 6) is 0.450. The molecule has 4 heteroatoms. The molecule has 0 bridgehead atoms. The number of anilines is 1. The van der Waals surface area contributed by atoms with E-state index in [0.29, 0.717) is 30.3 Å². The van der Waals surface area contributed by atoms with Gasteiger partial charge in [0.25, 0.3) is 5.91 Å². The maximum absolute atomic E-state index is 12.5. The Morgan fingerprint density at radius 1 is 1.30 bits per heavy atom. The second-order valence-corrected chi connectivity index (χ2v) is 6.34. The van der Waals surface area contributed by atoms with Gasteiger partial charge in [0.05, 0.1) is 5.60 Å². The Morgan fingerprint density at radius 3 is 2.30 bits per heavy atom. The highest BCUT2D eigenvalue weighted by Crippen LogP contribution is 2.14. The number of carbonyl (C=O) groups is 1. The molecule has 4 nitrogen and oxygen atoms in total. The number of amides is 1. The molecule has 0 saturated carbocycles. The second-order valence-electron chi connectivity index (χ2n) is 6.34. The van der Waals surface area contributed by atoms with E-state index in [0.717, 1.165) is 6.42 Å². The van der Waals surface area contributed by atoms with Gasteiger partial charge in [-0.25, -0.2) is 0 Å². The van der Waals surface area contributed by atoms with Crippen LogP contribution in [0.25, 0.3) is 0 Å². The van der Waals surface area contributed by atoms with Crippen LogP contribution in [0.1, 0.15) is 44.5 Å². The van der Waals surface area contributed by atoms with Crippen LogP contribution in [0.3, 0.4) is 0 Å². The van der Waals surface area contributed by atoms with E-state index >= 15 is 0 Å². The second kappa shape index (κ2) is 6.75. The Kier molecular flexibility index (Phi) is 5.57. The quantitative estimate of drug-likeness (QED) is 0.786. The predicted octanol–water partition coefficient (Wildman–Crippen LogP) is 2.53. The van der Waals surface area contributed by atoms with Gasteiger partial charge in [0.1, 0.15) is 0 Å². The van der Waals surface area contributed by atoms with Crippen LogP contribution < -0.4 is 5.73 Å². The molecule has 1 aromatic carbocycles. The minimum absolute atomic E-state index is 0.0622. The van der Waals surface area contributed by atoms with Crippen molar-refractivity contribution in [3.05, 3.63) is 29.8 Å². The minimum atomic E-state index is -0.902. The summed E-state index contributed by atoms with van der Waals surface area (Å²) in [6.45, 7) is 8.64. The first-order valence-corrected chi connectivity index (χ1v) is 7.06. The molecule has 0 fully saturated rings. The van der Waals surface area contributed by atoms with Crippen molar-refractivity contribution in [2.45, 2.75) is 39.7 Å². The molecule has 0 atom stereocenters. The van der Waals surface area contributed by atoms with Gasteiger partial charge in [0.15, 0.2) is 0 Å². The summed E-state index contributed by atoms with van der Waals surface area (Å²) >= 11 is 0. The van der Waals surface area contributed by atoms with Crippen molar-refractivity contribution in [2.75, 3.05) is 18.8 Å². The van der Waals surface area contributed by atoms with Gasteiger partial charge in [0, 0.05) is 24.3 Å². The van der Waals surface area contributed by atoms with E-state index in [9.17, 15) is 9.90 Å². The first-order valence-electron chi connectivity index (χ1n) is 7.06. The normalized spacial score (nSPS) is 11.7. The third-order valence-corrected chi connectivity index (χ3v) is 3.00. The summed E-state index contributed by atoms with van der Waals surface area (Å²) in [6.07, 6.45) is 0.913. The van der Waals surface area contributed by atoms with E-state index in [2.05, 4.69) is 13.8 Å². The first kappa shape index (κ1) is 16.5. The molecule has 0 saturated heterocycles. The number of benzene rings is 1. The van der Waals surface area contributed by atoms with Gasteiger partial charge >= 0.3 is 0 Å². The summed E-state index contributed by atoms with van der Waals surface area (Å²) in [6, 6.07) is 6.89. The van der Waals surface area contributed by atoms with Crippen molar-refractivity contribution in [1.82, 2.24) is 4.90 Å². The molecule has 1 rings (SSSR count). The van der Waals surface area contributed by atoms with Gasteiger partial charge in [-0.1, -0.05) is 13.8 Å². The van der Waals surface area contributed by atoms with Crippen LogP contribution in [-0.4, -0.2) is 34.6 Å². The Morgan fingerprint density at radius 2 is 1.85 bits per heavy atom. The minimum Gasteiger partial charge on any atom is -0.399 e. The lowest BCUT2D eigenvalue weighted by molar-refractivity contribution is 0.0290. The van der Waals surface area contributed by atoms with E-state index in [1.165, 1.54) is 0 Å². The Hall–Kier alpha value is -1.55. The van der Waals surface area contributed by atoms with Crippen molar-refractivity contribution >= 4 is 11.6 Å². The molecule has 1 aromatic rings. The van der Waals surface area contributed by atoms with Crippen LogP contribution in [0.5, 0.6) is 0 Å². The van der Waals surface area contributed by atoms with Gasteiger partial charge in [0.2, 0.25) is 0 Å². The Balaban J connectivity index is 2.85. The lowest BCUT2D eigenvalue weighted by Crippen LogP contribution is -2.43. The molecule has 0 aromatic heterocycles. The number of hydrogen-bond donors (Lipinski definition) is 2. The van der Waals surface area contributed by atoms with Crippen molar-refractivity contribution in [1.29, 1.82) is 0 Å². The molecule has 0 heterocycles. The molecule has 0 aliphatic rings. The molecule has 112 valence electrons. The van der Waals surface area contributed by atoms with Gasteiger partial charge < -0.3 is 15.7 Å². The molecule has 0 spiro atoms. The molecule has 20 heavy (non-hydrogen) atoms. The third kappa shape index (κ3) is 5.61. The first-order chi connectivity index (χ1) is 9.19. The van der Waals surface area contributed by atoms with Crippen LogP contribution >= 0.6 is 0 Å². The van der Waals surface area contributed by atoms with Crippen molar-refractivity contribution in [3.63, 3.8) is 0 Å². The van der Waals surface area contributed by atoms with E-state index in [1.807, 2.05) is 0 Å². The fourth-order valence-electron chi connectivity index (χ4n) is 1.94. The maximum atomic E-state index is 12.5. The Bertz CT molecular complexity index is 433. The van der Waals surface area contributed by atoms with Crippen LogP contribution in [-0.2, 0) is 0 Å². The lowest BCUT2D eigenvalue weighted by Gasteiger charge is -2.30. The smallest absolute Gasteiger partial charge is 0.253 e. The number of nitrogens with two attached hydrogens (primary N) is 1. The monoisotopic (exact) mass is 278 g/mol. The molecule has 3 N–H and O–H groups in total. The molecule has 1 amide bonds. The molecule has 0 aliphatic carbocycles. The van der Waals surface area contributed by atoms with E-state index in [-0.39, 0.29) is 5.91 Å². The number of aliphatic hydroxyl groups is 1. The maximum Gasteiger partial charge on any atom is 0.253 e. The van der Waals surface area contributed by atoms with E-state index in [4.69, 9.17) is 5.73 Å². The van der Waals surface area contributed by atoms with Gasteiger partial charge in [-0.2, -0.15) is 0 Å². The van der Waals surface area contributed by atoms with E-state index in [1.54, 1.807) is 43.0 Å². The van der Waals surface area contributed by atoms with Crippen LogP contribution in [0, 0.1) is 5.92 Å². The SMILES string of the molecule is CC(C)CCN(CC(C)(C)O)C(=O)c1ccc(N)cc1. The number of nitrogens with zero attached hydrogens (tertiary/aromatic N) is 1. The van der Waals surface area contributed by atoms with E-state index < -0.39 is 5.60 Å². The zero-order chi connectivity index (χ0) is 15.3. The average Bonchev–Trinajstić information content (AvgIpc) is 2.33. The van der Waals surface area contributed by atoms with Gasteiger partial charge in [-0.3, -0.25) is 4.79 Å². The summed E-state index contributed by atoms with van der Waals surface area (Å²) in [5.41, 5.74) is 5.98. The van der Waals surface area contributed by atoms with Crippen molar-refractivity contribution in [3.8, 4) is 0 Å². The largest absolute Gasteiger partial charge is 0.399 e. The molecular weight excluding hydrogens is 252 g/mol. The summed E-state index contributed by atoms with van der Waals surface area (Å²) < 4.78 is 0. The number of hydrogen-bond acceptors (Lipinski definition) is 3. The number of rotatable bonds is 6. The zero-order valence-corrected chi connectivity index (χ0v) is 12.9. The topological polar surface area (TPSA) is 66.6 Å². The fraction of sp³-hybridized carbons (Fsp3) is 0.562. The zero-order valence-electron chi connectivity index (χ0n) is 12.9. The van der Waals surface area contributed by atoms with Gasteiger partial charge in [-0.05, 0) is 50.5 Å². The molecule has 0 unspecified atom stereocenters. The predicted molar refractivity (Wildman–Crippen MR) is 82.5 cm³/mol. The molecular formula is C16H26N2O2. The fourth-order valence-corrected chi connectivity index (χ4v) is 1.94. The summed E-state index contributed by atoms with van der Waals surface area (Å²) in [7, 11) is 0. The highest BCUT2D eigenvalue weighted by Gasteiger charge is 2.23. The highest BCUT2D eigenvalue weighted by molar-refractivity contribution is 5.94. The Labute approximate surface area is 121 Å². The van der Waals surface area contributed by atoms with Crippen molar-refractivity contribution < 1.29 is 9.90 Å². The highest BCUT2D eigenvalue weighted by atomic mass is 16.3. The van der Waals surface area contributed by atoms with Crippen molar-refractivity contribution in [2.24, 2.45) is 5.92 Å². The molecule has 0 radical (unpaired) electrons. The number of carbonyl (C=O) groups excluding carboxylic acids is 1. The summed E-state index contributed by atoms with van der Waals surface area (Å²) in [4.78, 5) is 14.2. The lowest BCUT2D eigenvalue weighted by atomic mass is 10.1. The van der Waals surface area contributed by atoms with Crippen LogP contribution in [0.4, 0.5) is 5.69 Å². The van der Waals surface area contributed by atoms with Gasteiger partial charge in [-0.15, -0.1) is 0 Å². The molecule has 0 aliphatic heterocycles. The van der Waals surface area contributed by atoms with Crippen LogP contribution in [0.2, 0.25) is 0 Å². The van der Waals surface area contributed by atoms with Crippen LogP contribution in [0.15, 0.2) is 24.3 Å². The summed E-state index contributed by atoms with van der Waals surface area (Å²) in [5, 5.41) is 9.98. The third-order valence-electron chi connectivity index (χ3n) is 3.00. The standard InChI is InChI=1S/C16H26N2O2/c1-12(2)9-10-18(11-16(3,4)20)15(19)13-5-7-14(17)8-6-13/h5-8,12,20H,9-11,17H2,1-4H3. The number of nitrogen functional groups attached to an aromatic ring is 1.